The van der Waals surface area contributed by atoms with Crippen LogP contribution < -0.4 is 5.73 Å². The number of ether oxygens (including phenoxy) is 1. The molecule has 1 rings (SSSR count). The minimum absolute atomic E-state index is 0.172. The number of rotatable bonds is 6. The van der Waals surface area contributed by atoms with Gasteiger partial charge in [-0.2, -0.15) is 0 Å². The largest absolute Gasteiger partial charge is 0.398 e. The number of methoxy groups -OCH3 is 1. The summed E-state index contributed by atoms with van der Waals surface area (Å²) in [6.45, 7) is 0.677. The zero-order valence-electron chi connectivity index (χ0n) is 10.7. The Kier molecular flexibility index (Phi) is 5.72. The summed E-state index contributed by atoms with van der Waals surface area (Å²) in [5.74, 6) is -0.834. The molecule has 0 fully saturated rings. The Morgan fingerprint density at radius 2 is 2.11 bits per heavy atom. The Hall–Kier alpha value is -0.700. The van der Waals surface area contributed by atoms with Gasteiger partial charge in [0.05, 0.1) is 0 Å². The van der Waals surface area contributed by atoms with Gasteiger partial charge < -0.3 is 10.5 Å². The summed E-state index contributed by atoms with van der Waals surface area (Å²) in [6.07, 6.45) is 0.528. The van der Waals surface area contributed by atoms with Crippen LogP contribution in [-0.2, 0) is 14.8 Å². The molecule has 0 unspecified atom stereocenters. The summed E-state index contributed by atoms with van der Waals surface area (Å²) in [7, 11) is -0.965. The molecule has 2 N–H and O–H groups in total. The fourth-order valence-electron chi connectivity index (χ4n) is 1.46. The maximum atomic E-state index is 13.8. The molecular weight excluding hydrogens is 339 g/mol. The maximum Gasteiger partial charge on any atom is 0.245 e. The number of nitrogen functional groups attached to an aromatic ring is 1. The van der Waals surface area contributed by atoms with Crippen molar-refractivity contribution in [1.82, 2.24) is 4.31 Å². The third-order valence-corrected chi connectivity index (χ3v) is 5.12. The zero-order chi connectivity index (χ0) is 14.6. The van der Waals surface area contributed by atoms with Crippen molar-refractivity contribution in [3.8, 4) is 0 Å². The van der Waals surface area contributed by atoms with Crippen LogP contribution >= 0.6 is 15.9 Å². The van der Waals surface area contributed by atoms with E-state index in [1.54, 1.807) is 0 Å². The monoisotopic (exact) mass is 354 g/mol. The number of hydrogen-bond acceptors (Lipinski definition) is 4. The maximum absolute atomic E-state index is 13.8. The Balaban J connectivity index is 3.03. The minimum atomic E-state index is -3.89. The van der Waals surface area contributed by atoms with Crippen molar-refractivity contribution in [3.63, 3.8) is 0 Å². The lowest BCUT2D eigenvalue weighted by atomic mass is 10.3. The van der Waals surface area contributed by atoms with Gasteiger partial charge in [-0.1, -0.05) is 0 Å². The SMILES string of the molecule is COCCCN(C)S(=O)(=O)c1cc(N)c(Br)cc1F. The molecule has 1 aromatic carbocycles. The van der Waals surface area contributed by atoms with Crippen LogP contribution in [0.5, 0.6) is 0 Å². The molecule has 0 spiro atoms. The second-order valence-corrected chi connectivity index (χ2v) is 6.84. The molecule has 0 bridgehead atoms. The lowest BCUT2D eigenvalue weighted by Crippen LogP contribution is -2.29. The van der Waals surface area contributed by atoms with Gasteiger partial charge in [-0.05, 0) is 34.5 Å². The van der Waals surface area contributed by atoms with Gasteiger partial charge in [0.25, 0.3) is 0 Å². The first-order valence-electron chi connectivity index (χ1n) is 5.50. The molecule has 0 saturated carbocycles. The Labute approximate surface area is 120 Å². The third-order valence-electron chi connectivity index (χ3n) is 2.56. The summed E-state index contributed by atoms with van der Waals surface area (Å²) in [4.78, 5) is -0.423. The van der Waals surface area contributed by atoms with E-state index in [0.29, 0.717) is 17.5 Å². The molecule has 0 saturated heterocycles. The van der Waals surface area contributed by atoms with E-state index in [4.69, 9.17) is 10.5 Å². The quantitative estimate of drug-likeness (QED) is 0.624. The van der Waals surface area contributed by atoms with E-state index in [1.807, 2.05) is 0 Å². The predicted octanol–water partition coefficient (Wildman–Crippen LogP) is 1.83. The lowest BCUT2D eigenvalue weighted by molar-refractivity contribution is 0.189. The van der Waals surface area contributed by atoms with Crippen molar-refractivity contribution in [1.29, 1.82) is 0 Å². The minimum Gasteiger partial charge on any atom is -0.398 e. The number of anilines is 1. The lowest BCUT2D eigenvalue weighted by Gasteiger charge is -2.18. The molecule has 8 heteroatoms. The van der Waals surface area contributed by atoms with Gasteiger partial charge in [-0.15, -0.1) is 0 Å². The number of hydrogen-bond donors (Lipinski definition) is 1. The zero-order valence-corrected chi connectivity index (χ0v) is 13.1. The van der Waals surface area contributed by atoms with Gasteiger partial charge >= 0.3 is 0 Å². The Morgan fingerprint density at radius 3 is 2.68 bits per heavy atom. The van der Waals surface area contributed by atoms with Gasteiger partial charge in [-0.3, -0.25) is 0 Å². The first-order valence-corrected chi connectivity index (χ1v) is 7.73. The molecule has 0 heterocycles. The number of halogens is 2. The molecule has 0 radical (unpaired) electrons. The van der Waals surface area contributed by atoms with Crippen molar-refractivity contribution in [2.45, 2.75) is 11.3 Å². The third kappa shape index (κ3) is 3.88. The van der Waals surface area contributed by atoms with Crippen LogP contribution in [0, 0.1) is 5.82 Å². The average Bonchev–Trinajstić information content (AvgIpc) is 2.33. The van der Waals surface area contributed by atoms with Crippen LogP contribution in [-0.4, -0.2) is 40.0 Å². The molecule has 0 aromatic heterocycles. The van der Waals surface area contributed by atoms with Crippen LogP contribution in [0.3, 0.4) is 0 Å². The van der Waals surface area contributed by atoms with Crippen molar-refractivity contribution in [2.75, 3.05) is 33.0 Å². The van der Waals surface area contributed by atoms with Gasteiger partial charge in [-0.25, -0.2) is 17.1 Å². The van der Waals surface area contributed by atoms with Crippen LogP contribution in [0.4, 0.5) is 10.1 Å². The van der Waals surface area contributed by atoms with Crippen molar-refractivity contribution in [2.24, 2.45) is 0 Å². The number of sulfonamides is 1. The predicted molar refractivity (Wildman–Crippen MR) is 74.8 cm³/mol. The topological polar surface area (TPSA) is 72.6 Å². The Morgan fingerprint density at radius 1 is 1.47 bits per heavy atom. The summed E-state index contributed by atoms with van der Waals surface area (Å²) in [6, 6.07) is 2.16. The molecule has 5 nitrogen and oxygen atoms in total. The van der Waals surface area contributed by atoms with E-state index in [1.165, 1.54) is 14.2 Å². The van der Waals surface area contributed by atoms with Crippen LogP contribution in [0.1, 0.15) is 6.42 Å². The van der Waals surface area contributed by atoms with Gasteiger partial charge in [0.2, 0.25) is 10.0 Å². The van der Waals surface area contributed by atoms with Crippen molar-refractivity contribution < 1.29 is 17.5 Å². The van der Waals surface area contributed by atoms with Crippen LogP contribution in [0.25, 0.3) is 0 Å². The highest BCUT2D eigenvalue weighted by atomic mass is 79.9. The normalized spacial score (nSPS) is 12.1. The molecule has 108 valence electrons. The van der Waals surface area contributed by atoms with E-state index in [-0.39, 0.29) is 12.2 Å². The highest BCUT2D eigenvalue weighted by Crippen LogP contribution is 2.27. The Bertz CT molecular complexity index is 551. The average molecular weight is 355 g/mol. The summed E-state index contributed by atoms with van der Waals surface area (Å²) < 4.78 is 44.4. The second-order valence-electron chi connectivity index (χ2n) is 3.98. The van der Waals surface area contributed by atoms with E-state index in [9.17, 15) is 12.8 Å². The second kappa shape index (κ2) is 6.65. The molecule has 19 heavy (non-hydrogen) atoms. The van der Waals surface area contributed by atoms with Crippen molar-refractivity contribution >= 4 is 31.6 Å². The smallest absolute Gasteiger partial charge is 0.245 e. The summed E-state index contributed by atoms with van der Waals surface area (Å²) >= 11 is 3.05. The molecule has 1 aromatic rings. The highest BCUT2D eigenvalue weighted by Gasteiger charge is 2.25. The van der Waals surface area contributed by atoms with Crippen LogP contribution in [0.2, 0.25) is 0 Å². The molecule has 0 amide bonds. The molecule has 0 aliphatic rings. The van der Waals surface area contributed by atoms with Crippen molar-refractivity contribution in [3.05, 3.63) is 22.4 Å². The fourth-order valence-corrected chi connectivity index (χ4v) is 3.06. The first-order chi connectivity index (χ1) is 8.80. The number of benzene rings is 1. The highest BCUT2D eigenvalue weighted by molar-refractivity contribution is 9.10. The van der Waals surface area contributed by atoms with E-state index >= 15 is 0 Å². The molecule has 0 aliphatic heterocycles. The van der Waals surface area contributed by atoms with Gasteiger partial charge in [0, 0.05) is 37.5 Å². The van der Waals surface area contributed by atoms with E-state index in [2.05, 4.69) is 15.9 Å². The number of nitrogens with zero attached hydrogens (tertiary/aromatic N) is 1. The molecular formula is C11H16BrFN2O3S. The van der Waals surface area contributed by atoms with Gasteiger partial charge in [0.1, 0.15) is 10.7 Å². The van der Waals surface area contributed by atoms with Gasteiger partial charge in [0.15, 0.2) is 0 Å². The first kappa shape index (κ1) is 16.4. The summed E-state index contributed by atoms with van der Waals surface area (Å²) in [5, 5.41) is 0. The van der Waals surface area contributed by atoms with E-state index < -0.39 is 20.7 Å². The number of nitrogens with two attached hydrogens (primary N) is 1. The van der Waals surface area contributed by atoms with E-state index in [0.717, 1.165) is 16.4 Å². The fraction of sp³-hybridized carbons (Fsp3) is 0.455. The summed E-state index contributed by atoms with van der Waals surface area (Å²) in [5.41, 5.74) is 5.76. The van der Waals surface area contributed by atoms with Crippen LogP contribution in [0.15, 0.2) is 21.5 Å². The molecule has 0 aliphatic carbocycles. The molecule has 0 atom stereocenters. The standard InChI is InChI=1S/C11H16BrFN2O3S/c1-15(4-3-5-18-2)19(16,17)11-7-10(14)8(12)6-9(11)13/h6-7H,3-5,14H2,1-2H3.